The standard InChI is InChI=1S/C24H31N5O6/c1-4-18(5-2)26-19(30)15-35-20(31)14-29-23(32)21-22(25-16-27(21)11-12-34-3)28(24(29)33)13-17-9-7-6-8-10-17/h6-10,16,18H,4-5,11-15H2,1-3H3,(H,26,30). The number of nitrogens with zero attached hydrogens (tertiary/aromatic N) is 4. The van der Waals surface area contributed by atoms with Crippen LogP contribution in [0.3, 0.4) is 0 Å². The first-order valence-corrected chi connectivity index (χ1v) is 11.6. The van der Waals surface area contributed by atoms with Gasteiger partial charge in [0.05, 0.1) is 19.5 Å². The van der Waals surface area contributed by atoms with Crippen LogP contribution in [0.2, 0.25) is 0 Å². The van der Waals surface area contributed by atoms with Gasteiger partial charge in [-0.15, -0.1) is 0 Å². The summed E-state index contributed by atoms with van der Waals surface area (Å²) in [4.78, 5) is 55.4. The third-order valence-electron chi connectivity index (χ3n) is 5.71. The van der Waals surface area contributed by atoms with E-state index in [1.54, 1.807) is 4.57 Å². The normalized spacial score (nSPS) is 11.2. The molecule has 0 saturated heterocycles. The second kappa shape index (κ2) is 12.1. The van der Waals surface area contributed by atoms with Gasteiger partial charge < -0.3 is 19.4 Å². The predicted octanol–water partition coefficient (Wildman–Crippen LogP) is 0.902. The number of hydrogen-bond donors (Lipinski definition) is 1. The van der Waals surface area contributed by atoms with Crippen molar-refractivity contribution in [1.82, 2.24) is 24.0 Å². The molecule has 0 aliphatic heterocycles. The zero-order chi connectivity index (χ0) is 25.4. The molecule has 2 heterocycles. The maximum absolute atomic E-state index is 13.3. The largest absolute Gasteiger partial charge is 0.454 e. The Bertz CT molecular complexity index is 1270. The lowest BCUT2D eigenvalue weighted by Gasteiger charge is -2.15. The molecule has 11 nitrogen and oxygen atoms in total. The number of rotatable bonds is 12. The topological polar surface area (TPSA) is 126 Å². The van der Waals surface area contributed by atoms with Crippen molar-refractivity contribution in [2.45, 2.75) is 52.4 Å². The van der Waals surface area contributed by atoms with Crippen molar-refractivity contribution >= 4 is 23.0 Å². The molecule has 0 aliphatic rings. The number of hydrogen-bond acceptors (Lipinski definition) is 7. The molecule has 0 spiro atoms. The Morgan fingerprint density at radius 3 is 2.46 bits per heavy atom. The van der Waals surface area contributed by atoms with Crippen molar-refractivity contribution in [3.05, 3.63) is 63.1 Å². The van der Waals surface area contributed by atoms with Crippen LogP contribution >= 0.6 is 0 Å². The number of nitrogens with one attached hydrogen (secondary N) is 1. The number of imidazole rings is 1. The fraction of sp³-hybridized carbons (Fsp3) is 0.458. The minimum absolute atomic E-state index is 0.0104. The summed E-state index contributed by atoms with van der Waals surface area (Å²) in [5.74, 6) is -1.30. The van der Waals surface area contributed by atoms with E-state index in [1.165, 1.54) is 18.0 Å². The smallest absolute Gasteiger partial charge is 0.333 e. The molecule has 0 saturated carbocycles. The van der Waals surface area contributed by atoms with E-state index in [-0.39, 0.29) is 23.8 Å². The molecule has 0 bridgehead atoms. The van der Waals surface area contributed by atoms with Crippen molar-refractivity contribution in [2.75, 3.05) is 20.3 Å². The first kappa shape index (κ1) is 25.9. The van der Waals surface area contributed by atoms with Crippen molar-refractivity contribution in [1.29, 1.82) is 0 Å². The van der Waals surface area contributed by atoms with Crippen LogP contribution in [0.25, 0.3) is 11.2 Å². The van der Waals surface area contributed by atoms with Gasteiger partial charge in [0.25, 0.3) is 11.5 Å². The summed E-state index contributed by atoms with van der Waals surface area (Å²) in [5.41, 5.74) is -0.137. The fourth-order valence-electron chi connectivity index (χ4n) is 3.73. The number of amides is 1. The van der Waals surface area contributed by atoms with Gasteiger partial charge in [0, 0.05) is 19.7 Å². The number of ether oxygens (including phenoxy) is 2. The molecule has 1 N–H and O–H groups in total. The van der Waals surface area contributed by atoms with Gasteiger partial charge in [-0.05, 0) is 18.4 Å². The van der Waals surface area contributed by atoms with Gasteiger partial charge in [-0.3, -0.25) is 19.0 Å². The van der Waals surface area contributed by atoms with Crippen LogP contribution in [-0.4, -0.2) is 56.9 Å². The van der Waals surface area contributed by atoms with Crippen LogP contribution in [0, 0.1) is 0 Å². The molecule has 0 aliphatic carbocycles. The Hall–Kier alpha value is -3.73. The Balaban J connectivity index is 1.92. The summed E-state index contributed by atoms with van der Waals surface area (Å²) in [7, 11) is 1.54. The van der Waals surface area contributed by atoms with E-state index >= 15 is 0 Å². The molecule has 11 heteroatoms. The highest BCUT2D eigenvalue weighted by Gasteiger charge is 2.21. The molecular formula is C24H31N5O6. The number of fused-ring (bicyclic) bond motifs is 1. The minimum atomic E-state index is -0.863. The van der Waals surface area contributed by atoms with Crippen LogP contribution in [0.4, 0.5) is 0 Å². The second-order valence-electron chi connectivity index (χ2n) is 8.09. The maximum Gasteiger partial charge on any atom is 0.333 e. The van der Waals surface area contributed by atoms with Gasteiger partial charge in [-0.1, -0.05) is 44.2 Å². The first-order valence-electron chi connectivity index (χ1n) is 11.6. The molecule has 3 rings (SSSR count). The number of benzene rings is 1. The fourth-order valence-corrected chi connectivity index (χ4v) is 3.73. The third-order valence-corrected chi connectivity index (χ3v) is 5.71. The Kier molecular flexibility index (Phi) is 8.96. The average molecular weight is 486 g/mol. The van der Waals surface area contributed by atoms with Crippen LogP contribution < -0.4 is 16.6 Å². The summed E-state index contributed by atoms with van der Waals surface area (Å²) in [6.45, 7) is 3.60. The van der Waals surface area contributed by atoms with Crippen LogP contribution in [0.1, 0.15) is 32.3 Å². The SMILES string of the molecule is CCC(CC)NC(=O)COC(=O)Cn1c(=O)c2c(ncn2CCOC)n(Cc2ccccc2)c1=O. The highest BCUT2D eigenvalue weighted by molar-refractivity contribution is 5.80. The van der Waals surface area contributed by atoms with Gasteiger partial charge >= 0.3 is 11.7 Å². The minimum Gasteiger partial charge on any atom is -0.454 e. The lowest BCUT2D eigenvalue weighted by atomic mass is 10.2. The summed E-state index contributed by atoms with van der Waals surface area (Å²) in [6, 6.07) is 9.23. The number of methoxy groups -OCH3 is 1. The van der Waals surface area contributed by atoms with E-state index in [0.29, 0.717) is 13.2 Å². The quantitative estimate of drug-likeness (QED) is 0.378. The zero-order valence-corrected chi connectivity index (χ0v) is 20.2. The molecule has 188 valence electrons. The molecule has 2 aromatic heterocycles. The van der Waals surface area contributed by atoms with Crippen molar-refractivity contribution in [3.63, 3.8) is 0 Å². The average Bonchev–Trinajstić information content (AvgIpc) is 3.29. The molecule has 35 heavy (non-hydrogen) atoms. The van der Waals surface area contributed by atoms with E-state index in [4.69, 9.17) is 9.47 Å². The van der Waals surface area contributed by atoms with E-state index in [2.05, 4.69) is 10.3 Å². The van der Waals surface area contributed by atoms with Gasteiger partial charge in [-0.25, -0.2) is 14.3 Å². The summed E-state index contributed by atoms with van der Waals surface area (Å²) < 4.78 is 13.9. The lowest BCUT2D eigenvalue weighted by molar-refractivity contribution is -0.149. The first-order chi connectivity index (χ1) is 16.9. The summed E-state index contributed by atoms with van der Waals surface area (Å²) >= 11 is 0. The van der Waals surface area contributed by atoms with E-state index < -0.39 is 36.3 Å². The molecule has 0 unspecified atom stereocenters. The van der Waals surface area contributed by atoms with Gasteiger partial charge in [0.15, 0.2) is 17.8 Å². The van der Waals surface area contributed by atoms with Gasteiger partial charge in [0.2, 0.25) is 0 Å². The molecule has 3 aromatic rings. The number of aromatic nitrogens is 4. The number of esters is 1. The van der Waals surface area contributed by atoms with Crippen LogP contribution in [0.5, 0.6) is 0 Å². The number of carbonyl (C=O) groups is 2. The highest BCUT2D eigenvalue weighted by Crippen LogP contribution is 2.10. The van der Waals surface area contributed by atoms with Crippen molar-refractivity contribution < 1.29 is 19.1 Å². The van der Waals surface area contributed by atoms with E-state index in [0.717, 1.165) is 23.0 Å². The van der Waals surface area contributed by atoms with Crippen LogP contribution in [-0.2, 0) is 38.7 Å². The molecular weight excluding hydrogens is 454 g/mol. The maximum atomic E-state index is 13.3. The number of carbonyl (C=O) groups excluding carboxylic acids is 2. The molecule has 1 amide bonds. The Labute approximate surface area is 202 Å². The molecule has 0 fully saturated rings. The second-order valence-corrected chi connectivity index (χ2v) is 8.09. The van der Waals surface area contributed by atoms with Crippen LogP contribution in [0.15, 0.2) is 46.2 Å². The molecule has 0 radical (unpaired) electrons. The monoisotopic (exact) mass is 485 g/mol. The van der Waals surface area contributed by atoms with Gasteiger partial charge in [-0.2, -0.15) is 0 Å². The summed E-state index contributed by atoms with van der Waals surface area (Å²) in [5, 5.41) is 2.77. The zero-order valence-electron chi connectivity index (χ0n) is 20.2. The summed E-state index contributed by atoms with van der Waals surface area (Å²) in [6.07, 6.45) is 2.98. The highest BCUT2D eigenvalue weighted by atomic mass is 16.5. The van der Waals surface area contributed by atoms with Crippen molar-refractivity contribution in [3.8, 4) is 0 Å². The van der Waals surface area contributed by atoms with E-state index in [9.17, 15) is 19.2 Å². The Morgan fingerprint density at radius 1 is 1.09 bits per heavy atom. The third kappa shape index (κ3) is 6.24. The van der Waals surface area contributed by atoms with Crippen molar-refractivity contribution in [2.24, 2.45) is 0 Å². The predicted molar refractivity (Wildman–Crippen MR) is 129 cm³/mol. The molecule has 0 atom stereocenters. The van der Waals surface area contributed by atoms with E-state index in [1.807, 2.05) is 44.2 Å². The lowest BCUT2D eigenvalue weighted by Crippen LogP contribution is -2.43. The van der Waals surface area contributed by atoms with Gasteiger partial charge in [0.1, 0.15) is 6.54 Å². The Morgan fingerprint density at radius 2 is 1.80 bits per heavy atom. The molecule has 1 aromatic carbocycles.